The fraction of sp³-hybridized carbons (Fsp3) is 0.667. The average Bonchev–Trinajstić information content (AvgIpc) is 2.68. The lowest BCUT2D eigenvalue weighted by molar-refractivity contribution is 0.404. The summed E-state index contributed by atoms with van der Waals surface area (Å²) in [6, 6.07) is 0. The van der Waals surface area contributed by atoms with Crippen molar-refractivity contribution in [3.63, 3.8) is 0 Å². The van der Waals surface area contributed by atoms with Crippen LogP contribution in [0.4, 0.5) is 0 Å². The van der Waals surface area contributed by atoms with Crippen molar-refractivity contribution in [3.05, 3.63) is 16.6 Å². The fourth-order valence-corrected chi connectivity index (χ4v) is 4.08. The van der Waals surface area contributed by atoms with Gasteiger partial charge in [-0.3, -0.25) is 0 Å². The second kappa shape index (κ2) is 3.84. The van der Waals surface area contributed by atoms with Gasteiger partial charge in [0.05, 0.1) is 11.8 Å². The van der Waals surface area contributed by atoms with Gasteiger partial charge < -0.3 is 0 Å². The van der Waals surface area contributed by atoms with Crippen LogP contribution >= 0.6 is 11.3 Å². The molecule has 1 N–H and O–H groups in total. The van der Waals surface area contributed by atoms with E-state index in [0.717, 1.165) is 30.7 Å². The van der Waals surface area contributed by atoms with Crippen molar-refractivity contribution >= 4 is 21.4 Å². The molecule has 1 saturated carbocycles. The van der Waals surface area contributed by atoms with Crippen molar-refractivity contribution in [1.82, 2.24) is 9.71 Å². The number of hydrogen-bond acceptors (Lipinski definition) is 4. The predicted molar refractivity (Wildman–Crippen MR) is 60.2 cm³/mol. The largest absolute Gasteiger partial charge is 0.248 e. The van der Waals surface area contributed by atoms with Crippen LogP contribution in [0.1, 0.15) is 30.7 Å². The van der Waals surface area contributed by atoms with Crippen LogP contribution in [-0.2, 0) is 15.6 Å². The smallest absolute Gasteiger partial charge is 0.209 e. The lowest BCUT2D eigenvalue weighted by atomic mass is 10.0. The number of nitrogens with one attached hydrogen (secondary N) is 1. The van der Waals surface area contributed by atoms with Gasteiger partial charge in [-0.25, -0.2) is 18.1 Å². The highest BCUT2D eigenvalue weighted by Crippen LogP contribution is 2.39. The lowest BCUT2D eigenvalue weighted by Crippen LogP contribution is -2.43. The Bertz CT molecular complexity index is 419. The van der Waals surface area contributed by atoms with Crippen molar-refractivity contribution in [3.8, 4) is 0 Å². The zero-order valence-electron chi connectivity index (χ0n) is 8.56. The van der Waals surface area contributed by atoms with Gasteiger partial charge in [-0.2, -0.15) is 0 Å². The van der Waals surface area contributed by atoms with E-state index in [1.165, 1.54) is 17.6 Å². The van der Waals surface area contributed by atoms with E-state index in [0.29, 0.717) is 0 Å². The van der Waals surface area contributed by atoms with Crippen LogP contribution < -0.4 is 4.72 Å². The Labute approximate surface area is 93.8 Å². The highest BCUT2D eigenvalue weighted by molar-refractivity contribution is 7.88. The summed E-state index contributed by atoms with van der Waals surface area (Å²) in [6.07, 6.45) is 6.76. The summed E-state index contributed by atoms with van der Waals surface area (Å²) in [5, 5.41) is 2.78. The molecule has 1 heterocycles. The maximum Gasteiger partial charge on any atom is 0.209 e. The minimum absolute atomic E-state index is 0.429. The van der Waals surface area contributed by atoms with Gasteiger partial charge in [0.2, 0.25) is 10.0 Å². The Balaban J connectivity index is 2.33. The van der Waals surface area contributed by atoms with E-state index >= 15 is 0 Å². The van der Waals surface area contributed by atoms with Crippen LogP contribution in [0.15, 0.2) is 11.6 Å². The molecular formula is C9H14N2O2S2. The molecule has 1 aromatic heterocycles. The maximum absolute atomic E-state index is 11.4. The highest BCUT2D eigenvalue weighted by atomic mass is 32.2. The number of thiazole rings is 1. The molecule has 1 aliphatic rings. The van der Waals surface area contributed by atoms with E-state index in [1.54, 1.807) is 6.20 Å². The molecule has 1 aliphatic carbocycles. The van der Waals surface area contributed by atoms with Crippen LogP contribution in [0.3, 0.4) is 0 Å². The zero-order valence-corrected chi connectivity index (χ0v) is 10.2. The fourth-order valence-electron chi connectivity index (χ4n) is 2.15. The molecule has 1 fully saturated rings. The molecule has 1 aromatic rings. The first-order valence-electron chi connectivity index (χ1n) is 4.91. The number of sulfonamides is 1. The molecule has 0 unspecified atom stereocenters. The summed E-state index contributed by atoms with van der Waals surface area (Å²) in [5.41, 5.74) is -0.429. The SMILES string of the molecule is CS(=O)(=O)NC1(c2nccs2)CCCC1. The zero-order chi connectivity index (χ0) is 10.9. The van der Waals surface area contributed by atoms with Crippen molar-refractivity contribution in [2.45, 2.75) is 31.2 Å². The van der Waals surface area contributed by atoms with Gasteiger partial charge in [0, 0.05) is 11.6 Å². The van der Waals surface area contributed by atoms with E-state index in [2.05, 4.69) is 9.71 Å². The van der Waals surface area contributed by atoms with Crippen molar-refractivity contribution in [1.29, 1.82) is 0 Å². The maximum atomic E-state index is 11.4. The molecule has 2 rings (SSSR count). The first kappa shape index (κ1) is 11.0. The van der Waals surface area contributed by atoms with E-state index in [1.807, 2.05) is 5.38 Å². The summed E-state index contributed by atoms with van der Waals surface area (Å²) in [6.45, 7) is 0. The Hall–Kier alpha value is -0.460. The number of aromatic nitrogens is 1. The first-order valence-corrected chi connectivity index (χ1v) is 7.68. The van der Waals surface area contributed by atoms with E-state index in [4.69, 9.17) is 0 Å². The van der Waals surface area contributed by atoms with Gasteiger partial charge in [-0.15, -0.1) is 11.3 Å². The third kappa shape index (κ3) is 2.38. The van der Waals surface area contributed by atoms with Crippen molar-refractivity contribution < 1.29 is 8.42 Å². The van der Waals surface area contributed by atoms with Crippen molar-refractivity contribution in [2.24, 2.45) is 0 Å². The molecule has 0 aliphatic heterocycles. The topological polar surface area (TPSA) is 59.1 Å². The molecular weight excluding hydrogens is 232 g/mol. The average molecular weight is 246 g/mol. The second-order valence-electron chi connectivity index (χ2n) is 4.00. The van der Waals surface area contributed by atoms with Crippen LogP contribution in [0.5, 0.6) is 0 Å². The molecule has 0 saturated heterocycles. The third-order valence-corrected chi connectivity index (χ3v) is 4.42. The second-order valence-corrected chi connectivity index (χ2v) is 6.64. The Morgan fingerprint density at radius 3 is 2.60 bits per heavy atom. The molecule has 0 atom stereocenters. The molecule has 0 spiro atoms. The summed E-state index contributed by atoms with van der Waals surface area (Å²) >= 11 is 1.52. The summed E-state index contributed by atoms with van der Waals surface area (Å²) < 4.78 is 25.5. The normalized spacial score (nSPS) is 20.6. The summed E-state index contributed by atoms with van der Waals surface area (Å²) in [5.74, 6) is 0. The number of rotatable bonds is 3. The van der Waals surface area contributed by atoms with Gasteiger partial charge in [0.25, 0.3) is 0 Å². The molecule has 84 valence electrons. The molecule has 0 aromatic carbocycles. The van der Waals surface area contributed by atoms with Crippen LogP contribution in [0, 0.1) is 0 Å². The lowest BCUT2D eigenvalue weighted by Gasteiger charge is -2.26. The monoisotopic (exact) mass is 246 g/mol. The van der Waals surface area contributed by atoms with Gasteiger partial charge >= 0.3 is 0 Å². The van der Waals surface area contributed by atoms with E-state index in [9.17, 15) is 8.42 Å². The molecule has 0 bridgehead atoms. The van der Waals surface area contributed by atoms with Crippen LogP contribution in [0.25, 0.3) is 0 Å². The first-order chi connectivity index (χ1) is 7.02. The quantitative estimate of drug-likeness (QED) is 0.878. The summed E-state index contributed by atoms with van der Waals surface area (Å²) in [7, 11) is -3.18. The minimum atomic E-state index is -3.18. The standard InChI is InChI=1S/C9H14N2O2S2/c1-15(12,13)11-9(4-2-3-5-9)8-10-6-7-14-8/h6-7,11H,2-5H2,1H3. The van der Waals surface area contributed by atoms with Crippen LogP contribution in [0.2, 0.25) is 0 Å². The Morgan fingerprint density at radius 1 is 1.47 bits per heavy atom. The highest BCUT2D eigenvalue weighted by Gasteiger charge is 2.40. The molecule has 0 radical (unpaired) electrons. The van der Waals surface area contributed by atoms with Crippen LogP contribution in [-0.4, -0.2) is 19.7 Å². The Morgan fingerprint density at radius 2 is 2.13 bits per heavy atom. The van der Waals surface area contributed by atoms with E-state index in [-0.39, 0.29) is 0 Å². The summed E-state index contributed by atoms with van der Waals surface area (Å²) in [4.78, 5) is 4.25. The predicted octanol–water partition coefficient (Wildman–Crippen LogP) is 1.46. The number of nitrogens with zero attached hydrogens (tertiary/aromatic N) is 1. The van der Waals surface area contributed by atoms with Gasteiger partial charge in [0.15, 0.2) is 0 Å². The minimum Gasteiger partial charge on any atom is -0.248 e. The number of hydrogen-bond donors (Lipinski definition) is 1. The van der Waals surface area contributed by atoms with Gasteiger partial charge in [-0.05, 0) is 12.8 Å². The third-order valence-electron chi connectivity index (χ3n) is 2.68. The van der Waals surface area contributed by atoms with Crippen molar-refractivity contribution in [2.75, 3.05) is 6.26 Å². The molecule has 6 heteroatoms. The van der Waals surface area contributed by atoms with Gasteiger partial charge in [0.1, 0.15) is 5.01 Å². The Kier molecular flexibility index (Phi) is 2.83. The van der Waals surface area contributed by atoms with Gasteiger partial charge in [-0.1, -0.05) is 12.8 Å². The molecule has 15 heavy (non-hydrogen) atoms. The molecule has 0 amide bonds. The van der Waals surface area contributed by atoms with E-state index < -0.39 is 15.6 Å². The molecule has 4 nitrogen and oxygen atoms in total.